The number of aromatic nitrogens is 1. The molecule has 1 amide bonds. The highest BCUT2D eigenvalue weighted by Gasteiger charge is 2.30. The Balaban J connectivity index is 2.20. The van der Waals surface area contributed by atoms with Gasteiger partial charge in [-0.2, -0.15) is 0 Å². The number of amides is 1. The van der Waals surface area contributed by atoms with Crippen LogP contribution in [0.2, 0.25) is 0 Å². The standard InChI is InChI=1S/C18H14N4O5/c1-10-5-6-12(8-11(10)2)20-18(23)16-15(22(26)27)9-14(21(24)25)13-4-3-7-19-17(13)16/h3-9H,1-2H3,(H,20,23). The molecule has 0 saturated carbocycles. The number of hydrogen-bond acceptors (Lipinski definition) is 6. The maximum Gasteiger partial charge on any atom is 0.291 e. The summed E-state index contributed by atoms with van der Waals surface area (Å²) in [7, 11) is 0. The first-order valence-electron chi connectivity index (χ1n) is 7.88. The van der Waals surface area contributed by atoms with Gasteiger partial charge in [0.2, 0.25) is 0 Å². The van der Waals surface area contributed by atoms with Crippen LogP contribution in [0, 0.1) is 34.1 Å². The van der Waals surface area contributed by atoms with Gasteiger partial charge < -0.3 is 5.32 Å². The highest BCUT2D eigenvalue weighted by Crippen LogP contribution is 2.34. The summed E-state index contributed by atoms with van der Waals surface area (Å²) in [6.45, 7) is 3.79. The Morgan fingerprint density at radius 2 is 1.70 bits per heavy atom. The molecule has 1 aromatic heterocycles. The van der Waals surface area contributed by atoms with E-state index in [2.05, 4.69) is 10.3 Å². The third kappa shape index (κ3) is 3.30. The van der Waals surface area contributed by atoms with E-state index in [1.165, 1.54) is 18.3 Å². The first kappa shape index (κ1) is 17.9. The van der Waals surface area contributed by atoms with Crippen molar-refractivity contribution in [2.24, 2.45) is 0 Å². The van der Waals surface area contributed by atoms with E-state index in [1.807, 2.05) is 19.9 Å². The number of rotatable bonds is 4. The number of nitro benzene ring substituents is 2. The van der Waals surface area contributed by atoms with Gasteiger partial charge in [-0.15, -0.1) is 0 Å². The third-order valence-corrected chi connectivity index (χ3v) is 4.24. The Morgan fingerprint density at radius 3 is 2.33 bits per heavy atom. The first-order valence-corrected chi connectivity index (χ1v) is 7.88. The summed E-state index contributed by atoms with van der Waals surface area (Å²) in [5.41, 5.74) is 0.858. The van der Waals surface area contributed by atoms with Crippen LogP contribution in [0.1, 0.15) is 21.5 Å². The van der Waals surface area contributed by atoms with E-state index in [9.17, 15) is 25.0 Å². The van der Waals surface area contributed by atoms with Crippen molar-refractivity contribution in [3.8, 4) is 0 Å². The molecule has 0 saturated heterocycles. The van der Waals surface area contributed by atoms with Crippen LogP contribution < -0.4 is 5.32 Å². The zero-order chi connectivity index (χ0) is 19.7. The second-order valence-corrected chi connectivity index (χ2v) is 5.96. The number of nitrogens with one attached hydrogen (secondary N) is 1. The summed E-state index contributed by atoms with van der Waals surface area (Å²) in [6, 6.07) is 8.88. The molecule has 9 heteroatoms. The smallest absolute Gasteiger partial charge is 0.291 e. The largest absolute Gasteiger partial charge is 0.322 e. The third-order valence-electron chi connectivity index (χ3n) is 4.24. The minimum absolute atomic E-state index is 0.0540. The van der Waals surface area contributed by atoms with Crippen LogP contribution in [0.25, 0.3) is 10.9 Å². The number of aryl methyl sites for hydroxylation is 2. The number of non-ortho nitro benzene ring substituents is 1. The Hall–Kier alpha value is -3.88. The zero-order valence-corrected chi connectivity index (χ0v) is 14.4. The lowest BCUT2D eigenvalue weighted by Crippen LogP contribution is -2.15. The van der Waals surface area contributed by atoms with Crippen LogP contribution in [-0.2, 0) is 0 Å². The molecule has 0 aliphatic rings. The Kier molecular flexibility index (Phi) is 4.51. The predicted octanol–water partition coefficient (Wildman–Crippen LogP) is 3.92. The summed E-state index contributed by atoms with van der Waals surface area (Å²) < 4.78 is 0. The van der Waals surface area contributed by atoms with E-state index in [0.717, 1.165) is 17.2 Å². The van der Waals surface area contributed by atoms with E-state index < -0.39 is 27.1 Å². The molecule has 3 aromatic rings. The molecule has 0 unspecified atom stereocenters. The second kappa shape index (κ2) is 6.79. The van der Waals surface area contributed by atoms with Gasteiger partial charge in [0, 0.05) is 11.9 Å². The van der Waals surface area contributed by atoms with Crippen molar-refractivity contribution in [1.29, 1.82) is 0 Å². The molecule has 136 valence electrons. The maximum atomic E-state index is 12.8. The van der Waals surface area contributed by atoms with Crippen molar-refractivity contribution < 1.29 is 14.6 Å². The molecule has 0 spiro atoms. The lowest BCUT2D eigenvalue weighted by molar-refractivity contribution is -0.393. The van der Waals surface area contributed by atoms with Crippen molar-refractivity contribution in [2.75, 3.05) is 5.32 Å². The summed E-state index contributed by atoms with van der Waals surface area (Å²) in [5, 5.41) is 25.4. The van der Waals surface area contributed by atoms with Crippen LogP contribution in [0.3, 0.4) is 0 Å². The highest BCUT2D eigenvalue weighted by atomic mass is 16.6. The lowest BCUT2D eigenvalue weighted by atomic mass is 10.0. The average Bonchev–Trinajstić information content (AvgIpc) is 2.62. The molecule has 27 heavy (non-hydrogen) atoms. The molecule has 2 aromatic carbocycles. The number of fused-ring (bicyclic) bond motifs is 1. The van der Waals surface area contributed by atoms with Gasteiger partial charge in [0.1, 0.15) is 5.56 Å². The van der Waals surface area contributed by atoms with Gasteiger partial charge in [-0.1, -0.05) is 6.07 Å². The number of pyridine rings is 1. The number of benzene rings is 2. The van der Waals surface area contributed by atoms with Crippen LogP contribution in [-0.4, -0.2) is 20.7 Å². The summed E-state index contributed by atoms with van der Waals surface area (Å²) in [4.78, 5) is 38.0. The number of nitrogens with zero attached hydrogens (tertiary/aromatic N) is 3. The monoisotopic (exact) mass is 366 g/mol. The Bertz CT molecular complexity index is 1110. The van der Waals surface area contributed by atoms with Crippen molar-refractivity contribution in [1.82, 2.24) is 4.98 Å². The number of nitro groups is 2. The van der Waals surface area contributed by atoms with E-state index >= 15 is 0 Å². The first-order chi connectivity index (χ1) is 12.8. The molecule has 0 bridgehead atoms. The molecule has 9 nitrogen and oxygen atoms in total. The quantitative estimate of drug-likeness (QED) is 0.550. The van der Waals surface area contributed by atoms with E-state index in [-0.39, 0.29) is 16.5 Å². The van der Waals surface area contributed by atoms with E-state index in [4.69, 9.17) is 0 Å². The molecule has 0 fully saturated rings. The van der Waals surface area contributed by atoms with Crippen molar-refractivity contribution in [3.63, 3.8) is 0 Å². The van der Waals surface area contributed by atoms with Crippen LogP contribution in [0.4, 0.5) is 17.1 Å². The van der Waals surface area contributed by atoms with Gasteiger partial charge >= 0.3 is 0 Å². The average molecular weight is 366 g/mol. The summed E-state index contributed by atoms with van der Waals surface area (Å²) in [5.74, 6) is -0.761. The topological polar surface area (TPSA) is 128 Å². The maximum absolute atomic E-state index is 12.8. The Morgan fingerprint density at radius 1 is 1.00 bits per heavy atom. The van der Waals surface area contributed by atoms with Gasteiger partial charge in [-0.25, -0.2) is 0 Å². The van der Waals surface area contributed by atoms with Gasteiger partial charge in [-0.05, 0) is 49.2 Å². The number of carbonyl (C=O) groups excluding carboxylic acids is 1. The lowest BCUT2D eigenvalue weighted by Gasteiger charge is -2.10. The van der Waals surface area contributed by atoms with Crippen molar-refractivity contribution in [2.45, 2.75) is 13.8 Å². The molecule has 0 aliphatic carbocycles. The highest BCUT2D eigenvalue weighted by molar-refractivity contribution is 6.16. The minimum atomic E-state index is -0.823. The normalized spacial score (nSPS) is 10.6. The van der Waals surface area contributed by atoms with Crippen LogP contribution >= 0.6 is 0 Å². The number of carbonyl (C=O) groups is 1. The Labute approximate surface area is 153 Å². The predicted molar refractivity (Wildman–Crippen MR) is 98.9 cm³/mol. The zero-order valence-electron chi connectivity index (χ0n) is 14.4. The molecule has 3 rings (SSSR count). The van der Waals surface area contributed by atoms with E-state index in [0.29, 0.717) is 5.69 Å². The fraction of sp³-hybridized carbons (Fsp3) is 0.111. The summed E-state index contributed by atoms with van der Waals surface area (Å²) in [6.07, 6.45) is 1.32. The van der Waals surface area contributed by atoms with E-state index in [1.54, 1.807) is 12.1 Å². The van der Waals surface area contributed by atoms with Gasteiger partial charge in [0.15, 0.2) is 0 Å². The molecular formula is C18H14N4O5. The summed E-state index contributed by atoms with van der Waals surface area (Å²) >= 11 is 0. The molecule has 1 N–H and O–H groups in total. The van der Waals surface area contributed by atoms with Crippen LogP contribution in [0.15, 0.2) is 42.6 Å². The second-order valence-electron chi connectivity index (χ2n) is 5.96. The number of hydrogen-bond donors (Lipinski definition) is 1. The SMILES string of the molecule is Cc1ccc(NC(=O)c2c([N+](=O)[O-])cc([N+](=O)[O-])c3cccnc23)cc1C. The molecule has 0 atom stereocenters. The molecule has 0 radical (unpaired) electrons. The molecule has 1 heterocycles. The van der Waals surface area contributed by atoms with Gasteiger partial charge in [0.25, 0.3) is 17.3 Å². The number of anilines is 1. The van der Waals surface area contributed by atoms with Gasteiger partial charge in [-0.3, -0.25) is 30.0 Å². The van der Waals surface area contributed by atoms with Gasteiger partial charge in [0.05, 0.1) is 26.8 Å². The molecular weight excluding hydrogens is 352 g/mol. The van der Waals surface area contributed by atoms with Crippen molar-refractivity contribution >= 4 is 33.9 Å². The molecule has 0 aliphatic heterocycles. The minimum Gasteiger partial charge on any atom is -0.322 e. The fourth-order valence-corrected chi connectivity index (χ4v) is 2.74. The van der Waals surface area contributed by atoms with Crippen molar-refractivity contribution in [3.05, 3.63) is 79.5 Å². The fourth-order valence-electron chi connectivity index (χ4n) is 2.74. The van der Waals surface area contributed by atoms with Crippen LogP contribution in [0.5, 0.6) is 0 Å².